The van der Waals surface area contributed by atoms with Gasteiger partial charge in [-0.15, -0.1) is 0 Å². The fourth-order valence-electron chi connectivity index (χ4n) is 2.59. The SMILES string of the molecule is COc1cc(CC(=O)O[C@@H](C)CCC[C@@H](CC(=O)O)OC)cc(OC)c1. The van der Waals surface area contributed by atoms with E-state index in [4.69, 9.17) is 24.1 Å². The molecular weight excluding hydrogens is 340 g/mol. The molecule has 26 heavy (non-hydrogen) atoms. The molecule has 1 aromatic rings. The number of carboxylic acid groups (broad SMARTS) is 1. The van der Waals surface area contributed by atoms with Crippen molar-refractivity contribution in [3.05, 3.63) is 23.8 Å². The highest BCUT2D eigenvalue weighted by Gasteiger charge is 2.15. The van der Waals surface area contributed by atoms with Gasteiger partial charge >= 0.3 is 11.9 Å². The molecule has 0 aliphatic heterocycles. The number of hydrogen-bond acceptors (Lipinski definition) is 6. The second kappa shape index (κ2) is 11.4. The first-order valence-electron chi connectivity index (χ1n) is 8.54. The fourth-order valence-corrected chi connectivity index (χ4v) is 2.59. The molecule has 0 heterocycles. The lowest BCUT2D eigenvalue weighted by atomic mass is 10.1. The van der Waals surface area contributed by atoms with Crippen molar-refractivity contribution >= 4 is 11.9 Å². The van der Waals surface area contributed by atoms with Crippen molar-refractivity contribution in [2.75, 3.05) is 21.3 Å². The first-order chi connectivity index (χ1) is 12.4. The number of hydrogen-bond donors (Lipinski definition) is 1. The number of carbonyl (C=O) groups is 2. The van der Waals surface area contributed by atoms with Crippen LogP contribution in [0.4, 0.5) is 0 Å². The van der Waals surface area contributed by atoms with Crippen LogP contribution in [0.3, 0.4) is 0 Å². The maximum atomic E-state index is 12.1. The van der Waals surface area contributed by atoms with Gasteiger partial charge in [-0.05, 0) is 43.9 Å². The second-order valence-corrected chi connectivity index (χ2v) is 6.08. The number of aliphatic carboxylic acids is 1. The highest BCUT2D eigenvalue weighted by atomic mass is 16.5. The number of carboxylic acids is 1. The van der Waals surface area contributed by atoms with Crippen LogP contribution in [0.5, 0.6) is 11.5 Å². The third-order valence-corrected chi connectivity index (χ3v) is 3.96. The minimum absolute atomic E-state index is 0.0255. The van der Waals surface area contributed by atoms with E-state index < -0.39 is 5.97 Å². The van der Waals surface area contributed by atoms with Gasteiger partial charge in [0.25, 0.3) is 0 Å². The van der Waals surface area contributed by atoms with E-state index in [2.05, 4.69) is 0 Å². The predicted octanol–water partition coefficient (Wildman–Crippen LogP) is 2.84. The maximum absolute atomic E-state index is 12.1. The molecule has 0 aliphatic rings. The summed E-state index contributed by atoms with van der Waals surface area (Å²) in [5.74, 6) is 0.0140. The third kappa shape index (κ3) is 8.20. The van der Waals surface area contributed by atoms with Gasteiger partial charge in [0.05, 0.1) is 39.3 Å². The van der Waals surface area contributed by atoms with Gasteiger partial charge in [-0.1, -0.05) is 0 Å². The summed E-state index contributed by atoms with van der Waals surface area (Å²) < 4.78 is 20.9. The third-order valence-electron chi connectivity index (χ3n) is 3.96. The van der Waals surface area contributed by atoms with Gasteiger partial charge in [0.2, 0.25) is 0 Å². The van der Waals surface area contributed by atoms with Crippen molar-refractivity contribution in [1.82, 2.24) is 0 Å². The Balaban J connectivity index is 2.44. The van der Waals surface area contributed by atoms with Crippen molar-refractivity contribution in [1.29, 1.82) is 0 Å². The summed E-state index contributed by atoms with van der Waals surface area (Å²) in [5, 5.41) is 8.79. The van der Waals surface area contributed by atoms with Gasteiger partial charge in [-0.2, -0.15) is 0 Å². The summed E-state index contributed by atoms with van der Waals surface area (Å²) in [4.78, 5) is 22.8. The van der Waals surface area contributed by atoms with Crippen molar-refractivity contribution < 1.29 is 33.6 Å². The topological polar surface area (TPSA) is 91.3 Å². The van der Waals surface area contributed by atoms with Gasteiger partial charge in [0.1, 0.15) is 11.5 Å². The van der Waals surface area contributed by atoms with Crippen LogP contribution in [-0.4, -0.2) is 50.6 Å². The zero-order valence-corrected chi connectivity index (χ0v) is 15.8. The van der Waals surface area contributed by atoms with E-state index in [9.17, 15) is 9.59 Å². The molecule has 146 valence electrons. The van der Waals surface area contributed by atoms with Crippen LogP contribution in [0.2, 0.25) is 0 Å². The second-order valence-electron chi connectivity index (χ2n) is 6.08. The number of methoxy groups -OCH3 is 3. The van der Waals surface area contributed by atoms with Gasteiger partial charge in [-0.25, -0.2) is 0 Å². The fraction of sp³-hybridized carbons (Fsp3) is 0.579. The Morgan fingerprint density at radius 3 is 2.15 bits per heavy atom. The Morgan fingerprint density at radius 2 is 1.65 bits per heavy atom. The zero-order chi connectivity index (χ0) is 19.5. The minimum atomic E-state index is -0.884. The van der Waals surface area contributed by atoms with E-state index in [0.29, 0.717) is 30.8 Å². The number of rotatable bonds is 12. The molecule has 1 rings (SSSR count). The van der Waals surface area contributed by atoms with Crippen molar-refractivity contribution in [3.63, 3.8) is 0 Å². The van der Waals surface area contributed by atoms with E-state index in [-0.39, 0.29) is 31.0 Å². The molecular formula is C19H28O7. The molecule has 2 atom stereocenters. The zero-order valence-electron chi connectivity index (χ0n) is 15.8. The van der Waals surface area contributed by atoms with Gasteiger partial charge in [0, 0.05) is 13.2 Å². The molecule has 1 N–H and O–H groups in total. The Labute approximate surface area is 154 Å². The monoisotopic (exact) mass is 368 g/mol. The average molecular weight is 368 g/mol. The molecule has 7 nitrogen and oxygen atoms in total. The number of ether oxygens (including phenoxy) is 4. The van der Waals surface area contributed by atoms with E-state index in [1.807, 2.05) is 6.92 Å². The first-order valence-corrected chi connectivity index (χ1v) is 8.54. The largest absolute Gasteiger partial charge is 0.497 e. The highest BCUT2D eigenvalue weighted by Crippen LogP contribution is 2.23. The lowest BCUT2D eigenvalue weighted by Crippen LogP contribution is -2.19. The molecule has 0 radical (unpaired) electrons. The molecule has 1 aromatic carbocycles. The number of benzene rings is 1. The van der Waals surface area contributed by atoms with Gasteiger partial charge in [0.15, 0.2) is 0 Å². The molecule has 0 aromatic heterocycles. The molecule has 7 heteroatoms. The summed E-state index contributed by atoms with van der Waals surface area (Å²) in [6.45, 7) is 1.82. The molecule has 0 unspecified atom stereocenters. The van der Waals surface area contributed by atoms with Crippen molar-refractivity contribution in [3.8, 4) is 11.5 Å². The normalized spacial score (nSPS) is 12.9. The molecule has 0 bridgehead atoms. The predicted molar refractivity (Wildman–Crippen MR) is 95.7 cm³/mol. The Bertz CT molecular complexity index is 563. The van der Waals surface area contributed by atoms with Crippen LogP contribution in [0.15, 0.2) is 18.2 Å². The van der Waals surface area contributed by atoms with Crippen molar-refractivity contribution in [2.45, 2.75) is 51.2 Å². The smallest absolute Gasteiger partial charge is 0.310 e. The van der Waals surface area contributed by atoms with Crippen LogP contribution in [0, 0.1) is 0 Å². The summed E-state index contributed by atoms with van der Waals surface area (Å²) in [5.41, 5.74) is 0.749. The molecule has 0 spiro atoms. The van der Waals surface area contributed by atoms with Crippen LogP contribution >= 0.6 is 0 Å². The van der Waals surface area contributed by atoms with Crippen LogP contribution in [0.1, 0.15) is 38.2 Å². The Kier molecular flexibility index (Phi) is 9.51. The Morgan fingerprint density at radius 1 is 1.04 bits per heavy atom. The van der Waals surface area contributed by atoms with Gasteiger partial charge < -0.3 is 24.1 Å². The highest BCUT2D eigenvalue weighted by molar-refractivity contribution is 5.73. The average Bonchev–Trinajstić information content (AvgIpc) is 2.59. The van der Waals surface area contributed by atoms with Crippen LogP contribution < -0.4 is 9.47 Å². The quantitative estimate of drug-likeness (QED) is 0.567. The van der Waals surface area contributed by atoms with E-state index >= 15 is 0 Å². The molecule has 0 saturated heterocycles. The standard InChI is InChI=1S/C19H28O7/c1-13(6-5-7-15(23-2)12-18(20)21)26-19(22)10-14-8-16(24-3)11-17(9-14)25-4/h8-9,11,13,15H,5-7,10,12H2,1-4H3,(H,20,21)/t13-,15-/m0/s1. The molecule has 0 fully saturated rings. The summed E-state index contributed by atoms with van der Waals surface area (Å²) in [6, 6.07) is 5.27. The van der Waals surface area contributed by atoms with Crippen LogP contribution in [-0.2, 0) is 25.5 Å². The number of esters is 1. The minimum Gasteiger partial charge on any atom is -0.497 e. The maximum Gasteiger partial charge on any atom is 0.310 e. The molecule has 0 saturated carbocycles. The Hall–Kier alpha value is -2.28. The van der Waals surface area contributed by atoms with Crippen LogP contribution in [0.25, 0.3) is 0 Å². The van der Waals surface area contributed by atoms with E-state index in [1.54, 1.807) is 32.4 Å². The molecule has 0 aliphatic carbocycles. The lowest BCUT2D eigenvalue weighted by Gasteiger charge is -2.16. The summed E-state index contributed by atoms with van der Waals surface area (Å²) in [7, 11) is 4.60. The number of carbonyl (C=O) groups excluding carboxylic acids is 1. The van der Waals surface area contributed by atoms with E-state index in [0.717, 1.165) is 5.56 Å². The first kappa shape index (κ1) is 21.8. The van der Waals surface area contributed by atoms with Crippen molar-refractivity contribution in [2.24, 2.45) is 0 Å². The molecule has 0 amide bonds. The summed E-state index contributed by atoms with van der Waals surface area (Å²) >= 11 is 0. The van der Waals surface area contributed by atoms with Gasteiger partial charge in [-0.3, -0.25) is 9.59 Å². The summed E-state index contributed by atoms with van der Waals surface area (Å²) in [6.07, 6.45) is 1.49. The van der Waals surface area contributed by atoms with E-state index in [1.165, 1.54) is 7.11 Å². The lowest BCUT2D eigenvalue weighted by molar-refractivity contribution is -0.147.